The minimum absolute atomic E-state index is 0.220. The second kappa shape index (κ2) is 7.61. The standard InChI is InChI=1S/C16H34N2O/c1-13(2)12-18-9-6-14(7-10-18)17-15(8-11-19)16(3,4)5/h13-15,17,19H,6-12H2,1-5H3. The van der Waals surface area contributed by atoms with Crippen molar-refractivity contribution in [2.24, 2.45) is 11.3 Å². The molecule has 0 radical (unpaired) electrons. The van der Waals surface area contributed by atoms with E-state index in [1.54, 1.807) is 0 Å². The van der Waals surface area contributed by atoms with Crippen LogP contribution in [-0.4, -0.2) is 48.3 Å². The third-order valence-electron chi connectivity index (χ3n) is 4.11. The van der Waals surface area contributed by atoms with Crippen LogP contribution in [0.15, 0.2) is 0 Å². The SMILES string of the molecule is CC(C)CN1CCC(NC(CCO)C(C)(C)C)CC1. The number of likely N-dealkylation sites (tertiary alicyclic amines) is 1. The Morgan fingerprint density at radius 2 is 1.79 bits per heavy atom. The van der Waals surface area contributed by atoms with E-state index in [-0.39, 0.29) is 12.0 Å². The maximum absolute atomic E-state index is 9.22. The molecule has 0 amide bonds. The predicted octanol–water partition coefficient (Wildman–Crippen LogP) is 2.49. The van der Waals surface area contributed by atoms with Crippen molar-refractivity contribution in [3.63, 3.8) is 0 Å². The van der Waals surface area contributed by atoms with Crippen LogP contribution in [0, 0.1) is 11.3 Å². The van der Waals surface area contributed by atoms with Gasteiger partial charge in [0.05, 0.1) is 0 Å². The molecule has 0 aromatic heterocycles. The molecule has 0 saturated carbocycles. The first-order chi connectivity index (χ1) is 8.82. The molecule has 0 bridgehead atoms. The van der Waals surface area contributed by atoms with Crippen LogP contribution < -0.4 is 5.32 Å². The zero-order valence-electron chi connectivity index (χ0n) is 13.6. The average Bonchev–Trinajstić information content (AvgIpc) is 2.29. The molecular formula is C16H34N2O. The van der Waals surface area contributed by atoms with Gasteiger partial charge < -0.3 is 15.3 Å². The van der Waals surface area contributed by atoms with E-state index in [1.165, 1.54) is 32.5 Å². The van der Waals surface area contributed by atoms with E-state index in [9.17, 15) is 5.11 Å². The topological polar surface area (TPSA) is 35.5 Å². The Bertz CT molecular complexity index is 240. The van der Waals surface area contributed by atoms with Crippen LogP contribution >= 0.6 is 0 Å². The van der Waals surface area contributed by atoms with Gasteiger partial charge in [-0.3, -0.25) is 0 Å². The zero-order chi connectivity index (χ0) is 14.5. The molecule has 3 heteroatoms. The number of nitrogens with zero attached hydrogens (tertiary/aromatic N) is 1. The fraction of sp³-hybridized carbons (Fsp3) is 1.00. The molecule has 0 aromatic rings. The summed E-state index contributed by atoms with van der Waals surface area (Å²) in [5.41, 5.74) is 0.220. The summed E-state index contributed by atoms with van der Waals surface area (Å²) in [5, 5.41) is 13.0. The number of aliphatic hydroxyl groups excluding tert-OH is 1. The number of aliphatic hydroxyl groups is 1. The zero-order valence-corrected chi connectivity index (χ0v) is 13.6. The van der Waals surface area contributed by atoms with Gasteiger partial charge in [-0.1, -0.05) is 34.6 Å². The summed E-state index contributed by atoms with van der Waals surface area (Å²) >= 11 is 0. The van der Waals surface area contributed by atoms with Crippen LogP contribution in [0.3, 0.4) is 0 Å². The van der Waals surface area contributed by atoms with Gasteiger partial charge in [0.1, 0.15) is 0 Å². The molecule has 1 atom stereocenters. The highest BCUT2D eigenvalue weighted by molar-refractivity contribution is 4.86. The summed E-state index contributed by atoms with van der Waals surface area (Å²) in [4.78, 5) is 2.58. The number of hydrogen-bond donors (Lipinski definition) is 2. The van der Waals surface area contributed by atoms with E-state index < -0.39 is 0 Å². The third-order valence-corrected chi connectivity index (χ3v) is 4.11. The van der Waals surface area contributed by atoms with E-state index in [1.807, 2.05) is 0 Å². The lowest BCUT2D eigenvalue weighted by Gasteiger charge is -2.39. The fourth-order valence-electron chi connectivity index (χ4n) is 2.98. The Balaban J connectivity index is 2.38. The van der Waals surface area contributed by atoms with Gasteiger partial charge in [0.2, 0.25) is 0 Å². The van der Waals surface area contributed by atoms with E-state index in [0.29, 0.717) is 12.1 Å². The van der Waals surface area contributed by atoms with Crippen LogP contribution in [0.5, 0.6) is 0 Å². The monoisotopic (exact) mass is 270 g/mol. The number of piperidine rings is 1. The van der Waals surface area contributed by atoms with Crippen molar-refractivity contribution < 1.29 is 5.11 Å². The van der Waals surface area contributed by atoms with E-state index >= 15 is 0 Å². The Labute approximate surface area is 119 Å². The smallest absolute Gasteiger partial charge is 0.0446 e. The van der Waals surface area contributed by atoms with Crippen LogP contribution in [-0.2, 0) is 0 Å². The van der Waals surface area contributed by atoms with Crippen molar-refractivity contribution in [1.82, 2.24) is 10.2 Å². The lowest BCUT2D eigenvalue weighted by Crippen LogP contribution is -2.50. The second-order valence-electron chi connectivity index (χ2n) is 7.57. The van der Waals surface area contributed by atoms with Crippen molar-refractivity contribution >= 4 is 0 Å². The van der Waals surface area contributed by atoms with Gasteiger partial charge in [-0.2, -0.15) is 0 Å². The molecule has 2 N–H and O–H groups in total. The van der Waals surface area contributed by atoms with E-state index in [4.69, 9.17) is 0 Å². The second-order valence-corrected chi connectivity index (χ2v) is 7.57. The molecule has 1 aliphatic rings. The van der Waals surface area contributed by atoms with Crippen molar-refractivity contribution in [3.8, 4) is 0 Å². The summed E-state index contributed by atoms with van der Waals surface area (Å²) in [6, 6.07) is 1.04. The van der Waals surface area contributed by atoms with Gasteiger partial charge >= 0.3 is 0 Å². The molecule has 1 saturated heterocycles. The summed E-state index contributed by atoms with van der Waals surface area (Å²) in [6.45, 7) is 15.3. The normalized spacial score (nSPS) is 21.0. The van der Waals surface area contributed by atoms with Crippen molar-refractivity contribution in [2.75, 3.05) is 26.2 Å². The molecule has 0 spiro atoms. The van der Waals surface area contributed by atoms with Crippen LogP contribution in [0.25, 0.3) is 0 Å². The number of hydrogen-bond acceptors (Lipinski definition) is 3. The fourth-order valence-corrected chi connectivity index (χ4v) is 2.98. The highest BCUT2D eigenvalue weighted by Gasteiger charge is 2.28. The summed E-state index contributed by atoms with van der Waals surface area (Å²) in [6.07, 6.45) is 3.34. The number of nitrogens with one attached hydrogen (secondary N) is 1. The average molecular weight is 270 g/mol. The maximum atomic E-state index is 9.22. The predicted molar refractivity (Wildman–Crippen MR) is 82.4 cm³/mol. The summed E-state index contributed by atoms with van der Waals surface area (Å²) in [7, 11) is 0. The van der Waals surface area contributed by atoms with Gasteiger partial charge in [-0.25, -0.2) is 0 Å². The van der Waals surface area contributed by atoms with Gasteiger partial charge in [0.25, 0.3) is 0 Å². The van der Waals surface area contributed by atoms with E-state index in [0.717, 1.165) is 12.3 Å². The first kappa shape index (κ1) is 16.9. The van der Waals surface area contributed by atoms with Crippen molar-refractivity contribution in [1.29, 1.82) is 0 Å². The van der Waals surface area contributed by atoms with Crippen LogP contribution in [0.1, 0.15) is 53.9 Å². The highest BCUT2D eigenvalue weighted by Crippen LogP contribution is 2.24. The maximum Gasteiger partial charge on any atom is 0.0446 e. The molecule has 114 valence electrons. The molecule has 0 aliphatic carbocycles. The van der Waals surface area contributed by atoms with Gasteiger partial charge in [0.15, 0.2) is 0 Å². The van der Waals surface area contributed by atoms with Crippen molar-refractivity contribution in [3.05, 3.63) is 0 Å². The molecule has 0 aromatic carbocycles. The van der Waals surface area contributed by atoms with E-state index in [2.05, 4.69) is 44.8 Å². The third kappa shape index (κ3) is 6.24. The Kier molecular flexibility index (Phi) is 6.78. The Morgan fingerprint density at radius 3 is 2.21 bits per heavy atom. The van der Waals surface area contributed by atoms with Gasteiger partial charge in [-0.05, 0) is 43.7 Å². The molecule has 1 unspecified atom stereocenters. The quantitative estimate of drug-likeness (QED) is 0.778. The van der Waals surface area contributed by atoms with Gasteiger partial charge in [-0.15, -0.1) is 0 Å². The summed E-state index contributed by atoms with van der Waals surface area (Å²) in [5.74, 6) is 0.765. The van der Waals surface area contributed by atoms with Crippen LogP contribution in [0.2, 0.25) is 0 Å². The lowest BCUT2D eigenvalue weighted by atomic mass is 9.84. The molecule has 1 rings (SSSR count). The molecule has 3 nitrogen and oxygen atoms in total. The largest absolute Gasteiger partial charge is 0.396 e. The minimum Gasteiger partial charge on any atom is -0.396 e. The minimum atomic E-state index is 0.220. The van der Waals surface area contributed by atoms with Crippen LogP contribution in [0.4, 0.5) is 0 Å². The Hall–Kier alpha value is -0.120. The molecule has 1 aliphatic heterocycles. The first-order valence-electron chi connectivity index (χ1n) is 7.92. The Morgan fingerprint density at radius 1 is 1.21 bits per heavy atom. The summed E-state index contributed by atoms with van der Waals surface area (Å²) < 4.78 is 0. The highest BCUT2D eigenvalue weighted by atomic mass is 16.3. The number of rotatable bonds is 6. The first-order valence-corrected chi connectivity index (χ1v) is 7.92. The lowest BCUT2D eigenvalue weighted by molar-refractivity contribution is 0.141. The molecule has 1 fully saturated rings. The molecule has 19 heavy (non-hydrogen) atoms. The van der Waals surface area contributed by atoms with Gasteiger partial charge in [0, 0.05) is 25.2 Å². The molecule has 1 heterocycles. The molecular weight excluding hydrogens is 236 g/mol. The van der Waals surface area contributed by atoms with Crippen molar-refractivity contribution in [2.45, 2.75) is 66.0 Å².